The van der Waals surface area contributed by atoms with Gasteiger partial charge in [0.1, 0.15) is 17.5 Å². The Morgan fingerprint density at radius 3 is 2.18 bits per heavy atom. The molecule has 0 saturated heterocycles. The average Bonchev–Trinajstić information content (AvgIpc) is 3.27. The number of hydrogen-bond donors (Lipinski definition) is 2. The lowest BCUT2D eigenvalue weighted by Gasteiger charge is -2.28. The van der Waals surface area contributed by atoms with Crippen LogP contribution in [0, 0.1) is 0 Å². The smallest absolute Gasteiger partial charge is 0.251 e. The van der Waals surface area contributed by atoms with Gasteiger partial charge in [0.15, 0.2) is 0 Å². The normalized spacial score (nSPS) is 11.6. The molecule has 0 fully saturated rings. The minimum atomic E-state index is -0.828. The molecule has 4 aromatic rings. The molecule has 3 aromatic carbocycles. The summed E-state index contributed by atoms with van der Waals surface area (Å²) < 4.78 is 10.4. The number of benzene rings is 3. The number of hydrogen-bond acceptors (Lipinski definition) is 4. The summed E-state index contributed by atoms with van der Waals surface area (Å²) in [7, 11) is 4.82. The van der Waals surface area contributed by atoms with Gasteiger partial charge in [0.05, 0.1) is 20.6 Å². The Morgan fingerprint density at radius 2 is 1.53 bits per heavy atom. The lowest BCUT2D eigenvalue weighted by molar-refractivity contribution is -0.136. The maximum absolute atomic E-state index is 13.4. The Hall–Kier alpha value is -4.26. The SMILES string of the molecule is COc1ccc(NC(=O)C(c2ccc(OC)cc2)N(C)C(=O)Cc2c[nH]c3ccccc23)cc1. The molecule has 0 aliphatic rings. The number of fused-ring (bicyclic) bond motifs is 1. The average molecular weight is 458 g/mol. The van der Waals surface area contributed by atoms with E-state index < -0.39 is 6.04 Å². The Kier molecular flexibility index (Phi) is 6.82. The first-order valence-corrected chi connectivity index (χ1v) is 10.9. The minimum absolute atomic E-state index is 0.170. The number of nitrogens with zero attached hydrogens (tertiary/aromatic N) is 1. The maximum atomic E-state index is 13.4. The van der Waals surface area contributed by atoms with Crippen LogP contribution in [0.4, 0.5) is 5.69 Å². The van der Waals surface area contributed by atoms with Crippen LogP contribution in [-0.2, 0) is 16.0 Å². The number of H-pyrrole nitrogens is 1. The number of anilines is 1. The summed E-state index contributed by atoms with van der Waals surface area (Å²) >= 11 is 0. The molecule has 34 heavy (non-hydrogen) atoms. The number of aromatic amines is 1. The van der Waals surface area contributed by atoms with E-state index in [0.29, 0.717) is 22.7 Å². The Bertz CT molecular complexity index is 1280. The number of amides is 2. The monoisotopic (exact) mass is 457 g/mol. The van der Waals surface area contributed by atoms with Crippen molar-refractivity contribution in [1.82, 2.24) is 9.88 Å². The van der Waals surface area contributed by atoms with Crippen molar-refractivity contribution < 1.29 is 19.1 Å². The van der Waals surface area contributed by atoms with Crippen LogP contribution in [0.2, 0.25) is 0 Å². The summed E-state index contributed by atoms with van der Waals surface area (Å²) in [4.78, 5) is 31.4. The number of carbonyl (C=O) groups is 2. The minimum Gasteiger partial charge on any atom is -0.497 e. The van der Waals surface area contributed by atoms with E-state index in [1.54, 1.807) is 69.8 Å². The standard InChI is InChI=1S/C27H27N3O4/c1-30(25(31)16-19-17-28-24-7-5-4-6-23(19)24)26(18-8-12-21(33-2)13-9-18)27(32)29-20-10-14-22(34-3)15-11-20/h4-15,17,26,28H,16H2,1-3H3,(H,29,32). The highest BCUT2D eigenvalue weighted by atomic mass is 16.5. The van der Waals surface area contributed by atoms with Crippen LogP contribution in [0.25, 0.3) is 10.9 Å². The molecule has 0 radical (unpaired) electrons. The summed E-state index contributed by atoms with van der Waals surface area (Å²) in [5.74, 6) is 0.877. The van der Waals surface area contributed by atoms with Crippen LogP contribution in [0.1, 0.15) is 17.2 Å². The largest absolute Gasteiger partial charge is 0.497 e. The summed E-state index contributed by atoms with van der Waals surface area (Å²) in [6.07, 6.45) is 2.01. The highest BCUT2D eigenvalue weighted by Gasteiger charge is 2.29. The van der Waals surface area contributed by atoms with Crippen LogP contribution in [0.5, 0.6) is 11.5 Å². The topological polar surface area (TPSA) is 83.7 Å². The molecule has 1 atom stereocenters. The van der Waals surface area contributed by atoms with E-state index in [-0.39, 0.29) is 18.2 Å². The van der Waals surface area contributed by atoms with Gasteiger partial charge in [-0.05, 0) is 53.6 Å². The first-order chi connectivity index (χ1) is 16.5. The zero-order valence-corrected chi connectivity index (χ0v) is 19.4. The molecular formula is C27H27N3O4. The molecule has 0 bridgehead atoms. The molecule has 0 aliphatic heterocycles. The number of carbonyl (C=O) groups excluding carboxylic acids is 2. The van der Waals surface area contributed by atoms with E-state index >= 15 is 0 Å². The van der Waals surface area contributed by atoms with Crippen molar-refractivity contribution in [2.75, 3.05) is 26.6 Å². The zero-order chi connectivity index (χ0) is 24.1. The predicted molar refractivity (Wildman–Crippen MR) is 132 cm³/mol. The van der Waals surface area contributed by atoms with Gasteiger partial charge in [-0.1, -0.05) is 30.3 Å². The Labute approximate surface area is 198 Å². The third kappa shape index (κ3) is 4.88. The van der Waals surface area contributed by atoms with Gasteiger partial charge in [-0.2, -0.15) is 0 Å². The fraction of sp³-hybridized carbons (Fsp3) is 0.185. The number of para-hydroxylation sites is 1. The van der Waals surface area contributed by atoms with Gasteiger partial charge in [-0.3, -0.25) is 9.59 Å². The summed E-state index contributed by atoms with van der Waals surface area (Å²) in [5.41, 5.74) is 3.15. The van der Waals surface area contributed by atoms with Crippen molar-refractivity contribution >= 4 is 28.4 Å². The van der Waals surface area contributed by atoms with E-state index in [9.17, 15) is 9.59 Å². The molecule has 1 aromatic heterocycles. The van der Waals surface area contributed by atoms with Gasteiger partial charge < -0.3 is 24.7 Å². The number of likely N-dealkylation sites (N-methyl/N-ethyl adjacent to an activating group) is 1. The Morgan fingerprint density at radius 1 is 0.912 bits per heavy atom. The fourth-order valence-corrected chi connectivity index (χ4v) is 3.93. The van der Waals surface area contributed by atoms with E-state index in [2.05, 4.69) is 10.3 Å². The van der Waals surface area contributed by atoms with Crippen LogP contribution >= 0.6 is 0 Å². The van der Waals surface area contributed by atoms with Crippen molar-refractivity contribution in [3.05, 3.63) is 90.1 Å². The van der Waals surface area contributed by atoms with E-state index in [1.165, 1.54) is 4.90 Å². The summed E-state index contributed by atoms with van der Waals surface area (Å²) in [5, 5.41) is 3.91. The van der Waals surface area contributed by atoms with Crippen LogP contribution < -0.4 is 14.8 Å². The van der Waals surface area contributed by atoms with Crippen LogP contribution in [-0.4, -0.2) is 43.0 Å². The van der Waals surface area contributed by atoms with Crippen molar-refractivity contribution in [3.63, 3.8) is 0 Å². The number of rotatable bonds is 8. The lowest BCUT2D eigenvalue weighted by Crippen LogP contribution is -2.39. The number of methoxy groups -OCH3 is 2. The molecule has 174 valence electrons. The van der Waals surface area contributed by atoms with Gasteiger partial charge in [-0.15, -0.1) is 0 Å². The molecule has 0 saturated carbocycles. The van der Waals surface area contributed by atoms with Crippen molar-refractivity contribution in [1.29, 1.82) is 0 Å². The summed E-state index contributed by atoms with van der Waals surface area (Å²) in [6.45, 7) is 0. The van der Waals surface area contributed by atoms with E-state index in [1.807, 2.05) is 30.5 Å². The van der Waals surface area contributed by atoms with Gasteiger partial charge in [-0.25, -0.2) is 0 Å². The molecule has 2 amide bonds. The first kappa shape index (κ1) is 22.9. The Balaban J connectivity index is 1.60. The quantitative estimate of drug-likeness (QED) is 0.406. The highest BCUT2D eigenvalue weighted by Crippen LogP contribution is 2.26. The predicted octanol–water partition coefficient (Wildman–Crippen LogP) is 4.57. The van der Waals surface area contributed by atoms with Gasteiger partial charge in [0, 0.05) is 29.8 Å². The zero-order valence-electron chi connectivity index (χ0n) is 19.4. The second-order valence-electron chi connectivity index (χ2n) is 7.93. The molecule has 0 aliphatic carbocycles. The van der Waals surface area contributed by atoms with Gasteiger partial charge in [0.25, 0.3) is 5.91 Å². The van der Waals surface area contributed by atoms with Crippen molar-refractivity contribution in [2.45, 2.75) is 12.5 Å². The van der Waals surface area contributed by atoms with E-state index in [0.717, 1.165) is 16.5 Å². The molecule has 4 rings (SSSR count). The van der Waals surface area contributed by atoms with Gasteiger partial charge in [0.2, 0.25) is 5.91 Å². The second-order valence-corrected chi connectivity index (χ2v) is 7.93. The molecular weight excluding hydrogens is 430 g/mol. The molecule has 7 heteroatoms. The number of aromatic nitrogens is 1. The molecule has 1 unspecified atom stereocenters. The fourth-order valence-electron chi connectivity index (χ4n) is 3.93. The molecule has 2 N–H and O–H groups in total. The molecule has 0 spiro atoms. The van der Waals surface area contributed by atoms with Crippen molar-refractivity contribution in [2.24, 2.45) is 0 Å². The van der Waals surface area contributed by atoms with Crippen LogP contribution in [0.3, 0.4) is 0 Å². The maximum Gasteiger partial charge on any atom is 0.251 e. The number of ether oxygens (including phenoxy) is 2. The third-order valence-corrected chi connectivity index (χ3v) is 5.83. The van der Waals surface area contributed by atoms with E-state index in [4.69, 9.17) is 9.47 Å². The summed E-state index contributed by atoms with van der Waals surface area (Å²) in [6, 6.07) is 21.2. The van der Waals surface area contributed by atoms with Gasteiger partial charge >= 0.3 is 0 Å². The third-order valence-electron chi connectivity index (χ3n) is 5.83. The second kappa shape index (κ2) is 10.1. The van der Waals surface area contributed by atoms with Crippen LogP contribution in [0.15, 0.2) is 79.0 Å². The highest BCUT2D eigenvalue weighted by molar-refractivity contribution is 5.98. The number of nitrogens with one attached hydrogen (secondary N) is 2. The molecule has 7 nitrogen and oxygen atoms in total. The first-order valence-electron chi connectivity index (χ1n) is 10.9. The lowest BCUT2D eigenvalue weighted by atomic mass is 10.0. The van der Waals surface area contributed by atoms with Crippen molar-refractivity contribution in [3.8, 4) is 11.5 Å². The molecule has 1 heterocycles.